The van der Waals surface area contributed by atoms with Gasteiger partial charge in [0.15, 0.2) is 0 Å². The maximum absolute atomic E-state index is 13.5. The van der Waals surface area contributed by atoms with Crippen molar-refractivity contribution in [3.63, 3.8) is 0 Å². The fraction of sp³-hybridized carbons (Fsp3) is 0.263. The van der Waals surface area contributed by atoms with Gasteiger partial charge in [-0.1, -0.05) is 36.4 Å². The second kappa shape index (κ2) is 7.25. The fourth-order valence-electron chi connectivity index (χ4n) is 2.91. The van der Waals surface area contributed by atoms with Gasteiger partial charge in [-0.2, -0.15) is 0 Å². The minimum Gasteiger partial charge on any atom is -0.354 e. The van der Waals surface area contributed by atoms with E-state index >= 15 is 0 Å². The molecule has 4 nitrogen and oxygen atoms in total. The van der Waals surface area contributed by atoms with Gasteiger partial charge in [-0.15, -0.1) is 0 Å². The molecule has 124 valence electrons. The summed E-state index contributed by atoms with van der Waals surface area (Å²) < 4.78 is 13.5. The van der Waals surface area contributed by atoms with Crippen molar-refractivity contribution < 1.29 is 14.0 Å². The molecule has 0 spiro atoms. The second-order valence-electron chi connectivity index (χ2n) is 5.80. The zero-order valence-corrected chi connectivity index (χ0v) is 13.3. The SMILES string of the molecule is O=C(CN1C(=O)CCc2ccccc21)NCCc1ccccc1F. The van der Waals surface area contributed by atoms with Crippen molar-refractivity contribution in [2.45, 2.75) is 19.3 Å². The lowest BCUT2D eigenvalue weighted by atomic mass is 10.0. The van der Waals surface area contributed by atoms with Gasteiger partial charge in [-0.05, 0) is 36.1 Å². The molecule has 2 amide bonds. The van der Waals surface area contributed by atoms with Gasteiger partial charge in [-0.3, -0.25) is 9.59 Å². The molecule has 3 rings (SSSR count). The van der Waals surface area contributed by atoms with E-state index in [1.54, 1.807) is 18.2 Å². The van der Waals surface area contributed by atoms with Crippen LogP contribution < -0.4 is 10.2 Å². The number of carbonyl (C=O) groups is 2. The number of rotatable bonds is 5. The molecule has 0 aliphatic carbocycles. The Kier molecular flexibility index (Phi) is 4.89. The van der Waals surface area contributed by atoms with Crippen molar-refractivity contribution in [3.8, 4) is 0 Å². The normalized spacial score (nSPS) is 13.5. The molecule has 0 saturated carbocycles. The lowest BCUT2D eigenvalue weighted by molar-refractivity contribution is -0.124. The number of fused-ring (bicyclic) bond motifs is 1. The highest BCUT2D eigenvalue weighted by atomic mass is 19.1. The van der Waals surface area contributed by atoms with Crippen LogP contribution in [0.2, 0.25) is 0 Å². The summed E-state index contributed by atoms with van der Waals surface area (Å²) in [7, 11) is 0. The van der Waals surface area contributed by atoms with Crippen LogP contribution in [0.5, 0.6) is 0 Å². The van der Waals surface area contributed by atoms with E-state index in [-0.39, 0.29) is 24.2 Å². The zero-order chi connectivity index (χ0) is 16.9. The molecule has 1 aliphatic rings. The summed E-state index contributed by atoms with van der Waals surface area (Å²) in [5.41, 5.74) is 2.45. The van der Waals surface area contributed by atoms with Crippen LogP contribution in [0.25, 0.3) is 0 Å². The van der Waals surface area contributed by atoms with Crippen molar-refractivity contribution in [2.24, 2.45) is 0 Å². The molecule has 0 atom stereocenters. The molecule has 1 N–H and O–H groups in total. The van der Waals surface area contributed by atoms with E-state index in [2.05, 4.69) is 5.32 Å². The van der Waals surface area contributed by atoms with Gasteiger partial charge in [0.05, 0.1) is 0 Å². The number of aryl methyl sites for hydroxylation is 1. The van der Waals surface area contributed by atoms with E-state index in [0.717, 1.165) is 11.3 Å². The molecule has 2 aromatic rings. The fourth-order valence-corrected chi connectivity index (χ4v) is 2.91. The van der Waals surface area contributed by atoms with Crippen LogP contribution in [0.4, 0.5) is 10.1 Å². The van der Waals surface area contributed by atoms with Gasteiger partial charge in [0, 0.05) is 18.7 Å². The quantitative estimate of drug-likeness (QED) is 0.917. The molecule has 5 heteroatoms. The summed E-state index contributed by atoms with van der Waals surface area (Å²) >= 11 is 0. The zero-order valence-electron chi connectivity index (χ0n) is 13.3. The van der Waals surface area contributed by atoms with Gasteiger partial charge in [-0.25, -0.2) is 4.39 Å². The number of benzene rings is 2. The molecule has 0 aromatic heterocycles. The van der Waals surface area contributed by atoms with Crippen molar-refractivity contribution in [1.82, 2.24) is 5.32 Å². The van der Waals surface area contributed by atoms with Crippen LogP contribution in [0.1, 0.15) is 17.5 Å². The third-order valence-electron chi connectivity index (χ3n) is 4.17. The topological polar surface area (TPSA) is 49.4 Å². The molecule has 1 aliphatic heterocycles. The van der Waals surface area contributed by atoms with Crippen molar-refractivity contribution in [1.29, 1.82) is 0 Å². The van der Waals surface area contributed by atoms with Gasteiger partial charge in [0.25, 0.3) is 0 Å². The predicted octanol–water partition coefficient (Wildman–Crippen LogP) is 2.46. The Hall–Kier alpha value is -2.69. The Morgan fingerprint density at radius 3 is 2.67 bits per heavy atom. The molecule has 0 radical (unpaired) electrons. The Bertz CT molecular complexity index is 761. The summed E-state index contributed by atoms with van der Waals surface area (Å²) in [4.78, 5) is 25.8. The summed E-state index contributed by atoms with van der Waals surface area (Å²) in [6, 6.07) is 14.1. The van der Waals surface area contributed by atoms with E-state index < -0.39 is 0 Å². The highest BCUT2D eigenvalue weighted by Crippen LogP contribution is 2.26. The highest BCUT2D eigenvalue weighted by molar-refractivity contribution is 6.00. The average Bonchev–Trinajstić information content (AvgIpc) is 2.59. The van der Waals surface area contributed by atoms with Crippen LogP contribution in [0, 0.1) is 5.82 Å². The van der Waals surface area contributed by atoms with E-state index in [1.165, 1.54) is 11.0 Å². The highest BCUT2D eigenvalue weighted by Gasteiger charge is 2.25. The average molecular weight is 326 g/mol. The van der Waals surface area contributed by atoms with Crippen LogP contribution in [-0.4, -0.2) is 24.9 Å². The smallest absolute Gasteiger partial charge is 0.240 e. The number of hydrogen-bond acceptors (Lipinski definition) is 2. The molecule has 0 unspecified atom stereocenters. The van der Waals surface area contributed by atoms with Gasteiger partial charge in [0.2, 0.25) is 11.8 Å². The largest absolute Gasteiger partial charge is 0.354 e. The second-order valence-corrected chi connectivity index (χ2v) is 5.80. The minimum atomic E-state index is -0.271. The Labute approximate surface area is 140 Å². The summed E-state index contributed by atoms with van der Waals surface area (Å²) in [6.07, 6.45) is 1.54. The number of anilines is 1. The molecule has 2 aromatic carbocycles. The number of halogens is 1. The minimum absolute atomic E-state index is 0.00683. The summed E-state index contributed by atoms with van der Waals surface area (Å²) in [5, 5.41) is 2.76. The van der Waals surface area contributed by atoms with Crippen LogP contribution in [-0.2, 0) is 22.4 Å². The predicted molar refractivity (Wildman–Crippen MR) is 90.2 cm³/mol. The van der Waals surface area contributed by atoms with Gasteiger partial charge in [0.1, 0.15) is 12.4 Å². The van der Waals surface area contributed by atoms with Gasteiger partial charge >= 0.3 is 0 Å². The van der Waals surface area contributed by atoms with Crippen molar-refractivity contribution >= 4 is 17.5 Å². The van der Waals surface area contributed by atoms with E-state index in [0.29, 0.717) is 31.4 Å². The molecule has 24 heavy (non-hydrogen) atoms. The summed E-state index contributed by atoms with van der Waals surface area (Å²) in [6.45, 7) is 0.330. The molecule has 0 fully saturated rings. The standard InChI is InChI=1S/C19H19FN2O2/c20-16-7-3-1-5-14(16)11-12-21-18(23)13-22-17-8-4-2-6-15(17)9-10-19(22)24/h1-8H,9-13H2,(H,21,23). The third-order valence-corrected chi connectivity index (χ3v) is 4.17. The Morgan fingerprint density at radius 2 is 1.83 bits per heavy atom. The van der Waals surface area contributed by atoms with E-state index in [4.69, 9.17) is 0 Å². The van der Waals surface area contributed by atoms with Crippen LogP contribution in [0.3, 0.4) is 0 Å². The first-order valence-electron chi connectivity index (χ1n) is 8.03. The Balaban J connectivity index is 1.57. The number of amides is 2. The molecule has 1 heterocycles. The summed E-state index contributed by atoms with van der Waals surface area (Å²) in [5.74, 6) is -0.554. The first-order valence-corrected chi connectivity index (χ1v) is 8.03. The van der Waals surface area contributed by atoms with Crippen molar-refractivity contribution in [2.75, 3.05) is 18.0 Å². The lowest BCUT2D eigenvalue weighted by Gasteiger charge is -2.28. The number of nitrogens with zero attached hydrogens (tertiary/aromatic N) is 1. The lowest BCUT2D eigenvalue weighted by Crippen LogP contribution is -2.43. The number of carbonyl (C=O) groups excluding carboxylic acids is 2. The first kappa shape index (κ1) is 16.2. The van der Waals surface area contributed by atoms with Crippen LogP contribution in [0.15, 0.2) is 48.5 Å². The van der Waals surface area contributed by atoms with E-state index in [9.17, 15) is 14.0 Å². The first-order chi connectivity index (χ1) is 11.6. The van der Waals surface area contributed by atoms with Crippen LogP contribution >= 0.6 is 0 Å². The number of para-hydroxylation sites is 1. The maximum Gasteiger partial charge on any atom is 0.240 e. The third kappa shape index (κ3) is 3.62. The molecule has 0 saturated heterocycles. The molecular formula is C19H19FN2O2. The van der Waals surface area contributed by atoms with E-state index in [1.807, 2.05) is 24.3 Å². The maximum atomic E-state index is 13.5. The number of nitrogens with one attached hydrogen (secondary N) is 1. The van der Waals surface area contributed by atoms with Gasteiger partial charge < -0.3 is 10.2 Å². The van der Waals surface area contributed by atoms with Crippen molar-refractivity contribution in [3.05, 3.63) is 65.5 Å². The molecular weight excluding hydrogens is 307 g/mol. The number of hydrogen-bond donors (Lipinski definition) is 1. The Morgan fingerprint density at radius 1 is 1.08 bits per heavy atom. The monoisotopic (exact) mass is 326 g/mol. The molecule has 0 bridgehead atoms.